The van der Waals surface area contributed by atoms with E-state index < -0.39 is 0 Å². The van der Waals surface area contributed by atoms with Crippen molar-refractivity contribution >= 4 is 33.4 Å². The van der Waals surface area contributed by atoms with Gasteiger partial charge >= 0.3 is 0 Å². The number of amides is 2. The first-order valence-electron chi connectivity index (χ1n) is 8.10. The van der Waals surface area contributed by atoms with E-state index in [2.05, 4.69) is 28.6 Å². The molecule has 0 bridgehead atoms. The van der Waals surface area contributed by atoms with Gasteiger partial charge in [0.15, 0.2) is 11.6 Å². The van der Waals surface area contributed by atoms with Gasteiger partial charge in [-0.2, -0.15) is 0 Å². The van der Waals surface area contributed by atoms with Crippen molar-refractivity contribution in [2.75, 3.05) is 20.1 Å². The number of nitrogens with one attached hydrogen (secondary N) is 3. The first-order chi connectivity index (χ1) is 11.4. The molecule has 130 valence electrons. The molecule has 0 radical (unpaired) electrons. The van der Waals surface area contributed by atoms with E-state index in [1.165, 1.54) is 0 Å². The smallest absolute Gasteiger partial charge is 0.275 e. The van der Waals surface area contributed by atoms with Gasteiger partial charge < -0.3 is 15.5 Å². The molecule has 2 rings (SSSR count). The predicted octanol–water partition coefficient (Wildman–Crippen LogP) is 0.513. The van der Waals surface area contributed by atoms with Crippen LogP contribution in [0.4, 0.5) is 0 Å². The van der Waals surface area contributed by atoms with Gasteiger partial charge in [-0.05, 0) is 32.9 Å². The molecule has 1 unspecified atom stereocenters. The number of hydrogen-bond acceptors (Lipinski definition) is 4. The fourth-order valence-corrected chi connectivity index (χ4v) is 3.42. The Bertz CT molecular complexity index is 680. The highest BCUT2D eigenvalue weighted by molar-refractivity contribution is 7.18. The summed E-state index contributed by atoms with van der Waals surface area (Å²) in [5.74, 6) is -0.311. The summed E-state index contributed by atoms with van der Waals surface area (Å²) in [6.07, 6.45) is 0. The number of fused-ring (bicyclic) bond motifs is 1. The lowest BCUT2D eigenvalue weighted by Gasteiger charge is -2.19. The lowest BCUT2D eigenvalue weighted by molar-refractivity contribution is -0.902. The molecule has 0 aliphatic carbocycles. The van der Waals surface area contributed by atoms with Crippen LogP contribution >= 0.6 is 11.3 Å². The number of carbonyl (C=O) groups is 2. The quantitative estimate of drug-likeness (QED) is 0.682. The van der Waals surface area contributed by atoms with Crippen LogP contribution in [0.5, 0.6) is 0 Å². The molecule has 0 aliphatic heterocycles. The maximum atomic E-state index is 12.0. The van der Waals surface area contributed by atoms with Gasteiger partial charge in [-0.15, -0.1) is 11.3 Å². The van der Waals surface area contributed by atoms with Gasteiger partial charge in [-0.25, -0.2) is 4.98 Å². The van der Waals surface area contributed by atoms with E-state index in [0.29, 0.717) is 6.54 Å². The molecule has 0 fully saturated rings. The second-order valence-electron chi connectivity index (χ2n) is 6.26. The second kappa shape index (κ2) is 8.21. The number of aromatic nitrogens is 1. The summed E-state index contributed by atoms with van der Waals surface area (Å²) in [6, 6.07) is 8.21. The van der Waals surface area contributed by atoms with Crippen LogP contribution < -0.4 is 15.5 Å². The van der Waals surface area contributed by atoms with Crippen molar-refractivity contribution in [2.24, 2.45) is 0 Å². The Kier molecular flexibility index (Phi) is 6.28. The minimum atomic E-state index is -0.171. The van der Waals surface area contributed by atoms with Crippen molar-refractivity contribution < 1.29 is 14.5 Å². The Hall–Kier alpha value is -1.99. The van der Waals surface area contributed by atoms with Gasteiger partial charge in [0, 0.05) is 6.04 Å². The zero-order valence-electron chi connectivity index (χ0n) is 14.6. The Balaban J connectivity index is 1.87. The molecule has 0 saturated carbocycles. The Morgan fingerprint density at radius 1 is 1.21 bits per heavy atom. The Morgan fingerprint density at radius 3 is 2.58 bits per heavy atom. The third-order valence-corrected chi connectivity index (χ3v) is 4.97. The average molecular weight is 349 g/mol. The van der Waals surface area contributed by atoms with Crippen LogP contribution in [0.15, 0.2) is 24.3 Å². The second-order valence-corrected chi connectivity index (χ2v) is 7.33. The zero-order chi connectivity index (χ0) is 17.7. The number of thiazole rings is 1. The van der Waals surface area contributed by atoms with E-state index in [9.17, 15) is 9.59 Å². The summed E-state index contributed by atoms with van der Waals surface area (Å²) in [6.45, 7) is 6.15. The summed E-state index contributed by atoms with van der Waals surface area (Å²) < 4.78 is 1.15. The van der Waals surface area contributed by atoms with Gasteiger partial charge in [0.2, 0.25) is 5.91 Å². The number of benzene rings is 1. The van der Waals surface area contributed by atoms with Crippen LogP contribution in [0.25, 0.3) is 10.2 Å². The number of rotatable bonds is 7. The lowest BCUT2D eigenvalue weighted by Crippen LogP contribution is -3.10. The molecule has 1 heterocycles. The highest BCUT2D eigenvalue weighted by Crippen LogP contribution is 2.24. The molecule has 2 atom stereocenters. The Morgan fingerprint density at radius 2 is 1.92 bits per heavy atom. The summed E-state index contributed by atoms with van der Waals surface area (Å²) in [4.78, 5) is 29.3. The van der Waals surface area contributed by atoms with Crippen LogP contribution in [-0.4, -0.2) is 43.0 Å². The van der Waals surface area contributed by atoms with Gasteiger partial charge in [-0.1, -0.05) is 12.1 Å². The standard InChI is InChI=1S/C17H24N4O2S/c1-11(2)19-15(22)9-18-16(23)10-21(4)12(3)17-20-13-7-5-6-8-14(13)24-17/h5-8,11-12H,9-10H2,1-4H3,(H,18,23)(H,19,22)/p+1/t12-/m0/s1. The molecular weight excluding hydrogens is 324 g/mol. The molecule has 1 aromatic heterocycles. The van der Waals surface area contributed by atoms with Crippen LogP contribution in [0.2, 0.25) is 0 Å². The molecule has 7 heteroatoms. The average Bonchev–Trinajstić information content (AvgIpc) is 2.95. The molecule has 0 spiro atoms. The van der Waals surface area contributed by atoms with Crippen molar-refractivity contribution in [2.45, 2.75) is 32.9 Å². The molecular formula is C17H25N4O2S+. The fraction of sp³-hybridized carbons (Fsp3) is 0.471. The monoisotopic (exact) mass is 349 g/mol. The van der Waals surface area contributed by atoms with E-state index in [1.807, 2.05) is 39.1 Å². The number of carbonyl (C=O) groups excluding carboxylic acids is 2. The minimum Gasteiger partial charge on any atom is -0.352 e. The summed E-state index contributed by atoms with van der Waals surface area (Å²) in [7, 11) is 1.96. The van der Waals surface area contributed by atoms with E-state index in [0.717, 1.165) is 20.1 Å². The SMILES string of the molecule is CC(C)NC(=O)CNC(=O)C[NH+](C)[C@@H](C)c1nc2ccccc2s1. The number of likely N-dealkylation sites (N-methyl/N-ethyl adjacent to an activating group) is 1. The molecule has 6 nitrogen and oxygen atoms in total. The first-order valence-corrected chi connectivity index (χ1v) is 8.92. The lowest BCUT2D eigenvalue weighted by atomic mass is 10.3. The highest BCUT2D eigenvalue weighted by atomic mass is 32.1. The maximum absolute atomic E-state index is 12.0. The fourth-order valence-electron chi connectivity index (χ4n) is 2.31. The topological polar surface area (TPSA) is 75.5 Å². The normalized spacial score (nSPS) is 13.7. The molecule has 24 heavy (non-hydrogen) atoms. The zero-order valence-corrected chi connectivity index (χ0v) is 15.4. The maximum Gasteiger partial charge on any atom is 0.275 e. The van der Waals surface area contributed by atoms with E-state index in [-0.39, 0.29) is 30.4 Å². The molecule has 2 amide bonds. The number of hydrogen-bond donors (Lipinski definition) is 3. The highest BCUT2D eigenvalue weighted by Gasteiger charge is 2.22. The Labute approximate surface area is 146 Å². The number of nitrogens with zero attached hydrogens (tertiary/aromatic N) is 1. The summed E-state index contributed by atoms with van der Waals surface area (Å²) >= 11 is 1.66. The van der Waals surface area contributed by atoms with E-state index in [4.69, 9.17) is 0 Å². The molecule has 0 saturated heterocycles. The molecule has 0 aliphatic rings. The van der Waals surface area contributed by atoms with E-state index >= 15 is 0 Å². The minimum absolute atomic E-state index is 0.0137. The van der Waals surface area contributed by atoms with Gasteiger partial charge in [0.1, 0.15) is 6.04 Å². The van der Waals surface area contributed by atoms with Crippen molar-refractivity contribution in [1.82, 2.24) is 15.6 Å². The molecule has 1 aromatic carbocycles. The van der Waals surface area contributed by atoms with Crippen molar-refractivity contribution in [3.8, 4) is 0 Å². The summed E-state index contributed by atoms with van der Waals surface area (Å²) in [5.41, 5.74) is 0.993. The molecule has 3 N–H and O–H groups in total. The van der Waals surface area contributed by atoms with Gasteiger partial charge in [0.25, 0.3) is 5.91 Å². The largest absolute Gasteiger partial charge is 0.352 e. The first kappa shape index (κ1) is 18.4. The third kappa shape index (κ3) is 5.01. The van der Waals surface area contributed by atoms with E-state index in [1.54, 1.807) is 11.3 Å². The van der Waals surface area contributed by atoms with Crippen molar-refractivity contribution in [1.29, 1.82) is 0 Å². The number of para-hydroxylation sites is 1. The predicted molar refractivity (Wildman–Crippen MR) is 96.1 cm³/mol. The van der Waals surface area contributed by atoms with Crippen molar-refractivity contribution in [3.05, 3.63) is 29.3 Å². The molecule has 2 aromatic rings. The summed E-state index contributed by atoms with van der Waals surface area (Å²) in [5, 5.41) is 6.42. The third-order valence-electron chi connectivity index (χ3n) is 3.76. The number of quaternary nitrogens is 1. The van der Waals surface area contributed by atoms with Crippen LogP contribution in [0.3, 0.4) is 0 Å². The van der Waals surface area contributed by atoms with Crippen LogP contribution in [0, 0.1) is 0 Å². The van der Waals surface area contributed by atoms with Gasteiger partial charge in [0.05, 0.1) is 23.8 Å². The van der Waals surface area contributed by atoms with Crippen LogP contribution in [0.1, 0.15) is 31.8 Å². The van der Waals surface area contributed by atoms with Crippen molar-refractivity contribution in [3.63, 3.8) is 0 Å². The van der Waals surface area contributed by atoms with Crippen LogP contribution in [-0.2, 0) is 9.59 Å². The van der Waals surface area contributed by atoms with Gasteiger partial charge in [-0.3, -0.25) is 9.59 Å².